The second kappa shape index (κ2) is 10.1. The maximum Gasteiger partial charge on any atom is 0.255 e. The number of fused-ring (bicyclic) bond motifs is 2. The number of carbonyl (C=O) groups excluding carboxylic acids is 3. The Balaban J connectivity index is 1.22. The van der Waals surface area contributed by atoms with Crippen molar-refractivity contribution < 1.29 is 19.1 Å². The van der Waals surface area contributed by atoms with Gasteiger partial charge in [-0.25, -0.2) is 4.98 Å². The molecule has 3 aliphatic rings. The quantitative estimate of drug-likeness (QED) is 0.503. The van der Waals surface area contributed by atoms with Crippen LogP contribution in [0.4, 0.5) is 28.6 Å². The Hall–Kier alpha value is -4.24. The summed E-state index contributed by atoms with van der Waals surface area (Å²) in [5, 5.41) is 6.28. The fourth-order valence-electron chi connectivity index (χ4n) is 5.80. The minimum atomic E-state index is -0.287. The van der Waals surface area contributed by atoms with Crippen LogP contribution in [0.25, 0.3) is 0 Å². The highest BCUT2D eigenvalue weighted by atomic mass is 16.5. The summed E-state index contributed by atoms with van der Waals surface area (Å²) in [4.78, 5) is 46.4. The minimum absolute atomic E-state index is 0.0465. The van der Waals surface area contributed by atoms with Crippen LogP contribution in [-0.2, 0) is 16.0 Å². The molecule has 2 aromatic carbocycles. The third kappa shape index (κ3) is 4.74. The summed E-state index contributed by atoms with van der Waals surface area (Å²) in [5.74, 6) is 0.591. The molecule has 0 spiro atoms. The molecule has 1 atom stereocenters. The first kappa shape index (κ1) is 25.1. The first-order valence-electron chi connectivity index (χ1n) is 13.4. The molecule has 3 heterocycles. The highest BCUT2D eigenvalue weighted by molar-refractivity contribution is 6.07. The van der Waals surface area contributed by atoms with Crippen LogP contribution in [0, 0.1) is 0 Å². The second-order valence-electron chi connectivity index (χ2n) is 10.3. The van der Waals surface area contributed by atoms with Gasteiger partial charge < -0.3 is 25.2 Å². The van der Waals surface area contributed by atoms with Gasteiger partial charge in [0.2, 0.25) is 5.91 Å². The van der Waals surface area contributed by atoms with Crippen molar-refractivity contribution >= 4 is 46.2 Å². The Morgan fingerprint density at radius 1 is 1.00 bits per heavy atom. The lowest BCUT2D eigenvalue weighted by atomic mass is 10.00. The number of nitrogens with one attached hydrogen (secondary N) is 2. The van der Waals surface area contributed by atoms with Crippen molar-refractivity contribution in [1.82, 2.24) is 4.98 Å². The summed E-state index contributed by atoms with van der Waals surface area (Å²) >= 11 is 0. The summed E-state index contributed by atoms with van der Waals surface area (Å²) in [5.41, 5.74) is 5.35. The molecule has 9 heteroatoms. The third-order valence-corrected chi connectivity index (χ3v) is 7.87. The van der Waals surface area contributed by atoms with Crippen molar-refractivity contribution in [3.05, 3.63) is 71.4 Å². The van der Waals surface area contributed by atoms with Gasteiger partial charge in [-0.15, -0.1) is 0 Å². The molecular formula is C30H31N5O4. The van der Waals surface area contributed by atoms with E-state index in [0.29, 0.717) is 43.1 Å². The van der Waals surface area contributed by atoms with Gasteiger partial charge in [0.1, 0.15) is 11.9 Å². The Bertz CT molecular complexity index is 1470. The molecule has 0 radical (unpaired) electrons. The van der Waals surface area contributed by atoms with Gasteiger partial charge in [0, 0.05) is 61.3 Å². The van der Waals surface area contributed by atoms with Crippen LogP contribution in [0.3, 0.4) is 0 Å². The number of Topliss-reactive ketones (excluding diaryl/α,β-unsaturated/α-hetero) is 1. The van der Waals surface area contributed by atoms with E-state index in [-0.39, 0.29) is 29.7 Å². The monoisotopic (exact) mass is 525 g/mol. The van der Waals surface area contributed by atoms with Crippen LogP contribution in [0.1, 0.15) is 52.5 Å². The molecule has 3 aromatic rings. The zero-order chi connectivity index (χ0) is 27.1. The molecule has 200 valence electrons. The van der Waals surface area contributed by atoms with Crippen molar-refractivity contribution in [3.63, 3.8) is 0 Å². The maximum atomic E-state index is 13.0. The van der Waals surface area contributed by atoms with Gasteiger partial charge >= 0.3 is 0 Å². The number of ketones is 1. The molecule has 1 aromatic heterocycles. The molecule has 2 amide bonds. The van der Waals surface area contributed by atoms with E-state index in [1.807, 2.05) is 31.2 Å². The number of aryl methyl sites for hydroxylation is 1. The van der Waals surface area contributed by atoms with Crippen LogP contribution in [0.2, 0.25) is 0 Å². The van der Waals surface area contributed by atoms with Crippen molar-refractivity contribution in [2.24, 2.45) is 0 Å². The fraction of sp³-hybridized carbons (Fsp3) is 0.333. The molecule has 39 heavy (non-hydrogen) atoms. The average Bonchev–Trinajstić information content (AvgIpc) is 3.32. The number of ether oxygens (including phenoxy) is 1. The van der Waals surface area contributed by atoms with E-state index in [1.54, 1.807) is 42.4 Å². The summed E-state index contributed by atoms with van der Waals surface area (Å²) in [6.07, 6.45) is 4.69. The van der Waals surface area contributed by atoms with Crippen LogP contribution >= 0.6 is 0 Å². The van der Waals surface area contributed by atoms with Gasteiger partial charge in [-0.3, -0.25) is 14.4 Å². The number of amides is 2. The molecule has 0 bridgehead atoms. The number of hydrogen-bond donors (Lipinski definition) is 2. The molecule has 6 rings (SSSR count). The number of benzene rings is 2. The van der Waals surface area contributed by atoms with E-state index in [0.717, 1.165) is 41.0 Å². The first-order valence-corrected chi connectivity index (χ1v) is 13.4. The summed E-state index contributed by atoms with van der Waals surface area (Å²) in [7, 11) is 1.79. The summed E-state index contributed by atoms with van der Waals surface area (Å²) < 4.78 is 5.56. The van der Waals surface area contributed by atoms with E-state index in [9.17, 15) is 14.4 Å². The van der Waals surface area contributed by atoms with E-state index < -0.39 is 0 Å². The largest absolute Gasteiger partial charge is 0.381 e. The number of nitrogens with zero attached hydrogens (tertiary/aromatic N) is 3. The standard InChI is InChI=1S/C30H31N5O4/c1-18-30(38)34(2)26-17-31-28(16-25(26)35(18)23-10-12-39-13-11-23)32-21-5-3-4-20(15-21)29(37)33-22-7-8-24-19(14-22)6-9-27(24)36/h3-5,7-8,14-18,23H,6,9-13H2,1-2H3,(H,31,32)(H,33,37). The summed E-state index contributed by atoms with van der Waals surface area (Å²) in [6, 6.07) is 14.6. The molecule has 2 aliphatic heterocycles. The van der Waals surface area contributed by atoms with Crippen LogP contribution in [0.5, 0.6) is 0 Å². The van der Waals surface area contributed by atoms with Crippen LogP contribution in [-0.4, -0.2) is 54.9 Å². The normalized spacial score (nSPS) is 19.1. The third-order valence-electron chi connectivity index (χ3n) is 7.87. The van der Waals surface area contributed by atoms with Gasteiger partial charge in [-0.1, -0.05) is 6.07 Å². The fourth-order valence-corrected chi connectivity index (χ4v) is 5.80. The van der Waals surface area contributed by atoms with Crippen molar-refractivity contribution in [2.75, 3.05) is 40.7 Å². The number of likely N-dealkylation sites (N-methyl/N-ethyl adjacent to an activating group) is 1. The van der Waals surface area contributed by atoms with E-state index in [4.69, 9.17) is 4.74 Å². The minimum Gasteiger partial charge on any atom is -0.381 e. The van der Waals surface area contributed by atoms with Gasteiger partial charge in [-0.2, -0.15) is 0 Å². The van der Waals surface area contributed by atoms with Gasteiger partial charge in [-0.05, 0) is 68.1 Å². The molecular weight excluding hydrogens is 494 g/mol. The predicted molar refractivity (Wildman–Crippen MR) is 150 cm³/mol. The lowest BCUT2D eigenvalue weighted by Crippen LogP contribution is -2.55. The SMILES string of the molecule is CC1C(=O)N(C)c2cnc(Nc3cccc(C(=O)Nc4ccc5c(c4)CCC5=O)c3)cc2N1C1CCOCC1. The summed E-state index contributed by atoms with van der Waals surface area (Å²) in [6.45, 7) is 3.31. The molecule has 2 N–H and O–H groups in total. The van der Waals surface area contributed by atoms with E-state index in [2.05, 4.69) is 20.5 Å². The topological polar surface area (TPSA) is 104 Å². The lowest BCUT2D eigenvalue weighted by Gasteiger charge is -2.45. The Labute approximate surface area is 227 Å². The van der Waals surface area contributed by atoms with Crippen LogP contribution in [0.15, 0.2) is 54.7 Å². The predicted octanol–water partition coefficient (Wildman–Crippen LogP) is 4.56. The number of pyridine rings is 1. The maximum absolute atomic E-state index is 13.0. The number of carbonyl (C=O) groups is 3. The van der Waals surface area contributed by atoms with Gasteiger partial charge in [0.15, 0.2) is 5.78 Å². The number of rotatable bonds is 5. The Morgan fingerprint density at radius 2 is 1.82 bits per heavy atom. The number of anilines is 5. The number of hydrogen-bond acceptors (Lipinski definition) is 7. The average molecular weight is 526 g/mol. The highest BCUT2D eigenvalue weighted by Crippen LogP contribution is 2.39. The second-order valence-corrected chi connectivity index (χ2v) is 10.3. The molecule has 0 saturated carbocycles. The lowest BCUT2D eigenvalue weighted by molar-refractivity contribution is -0.119. The van der Waals surface area contributed by atoms with Gasteiger partial charge in [0.05, 0.1) is 17.6 Å². The molecule has 1 fully saturated rings. The molecule has 1 saturated heterocycles. The Kier molecular flexibility index (Phi) is 6.52. The zero-order valence-electron chi connectivity index (χ0n) is 22.1. The highest BCUT2D eigenvalue weighted by Gasteiger charge is 2.38. The van der Waals surface area contributed by atoms with Crippen molar-refractivity contribution in [2.45, 2.75) is 44.7 Å². The smallest absolute Gasteiger partial charge is 0.255 e. The number of aromatic nitrogens is 1. The molecule has 1 aliphatic carbocycles. The molecule has 1 unspecified atom stereocenters. The molecule has 9 nitrogen and oxygen atoms in total. The van der Waals surface area contributed by atoms with E-state index in [1.165, 1.54) is 0 Å². The Morgan fingerprint density at radius 3 is 2.64 bits per heavy atom. The van der Waals surface area contributed by atoms with Crippen molar-refractivity contribution in [3.8, 4) is 0 Å². The van der Waals surface area contributed by atoms with E-state index >= 15 is 0 Å². The van der Waals surface area contributed by atoms with Crippen LogP contribution < -0.4 is 20.4 Å². The first-order chi connectivity index (χ1) is 18.9. The zero-order valence-corrected chi connectivity index (χ0v) is 22.1. The van der Waals surface area contributed by atoms with Gasteiger partial charge in [0.25, 0.3) is 5.91 Å². The van der Waals surface area contributed by atoms with Crippen molar-refractivity contribution in [1.29, 1.82) is 0 Å².